The first-order valence-electron chi connectivity index (χ1n) is 13.1. The SMILES string of the molecule is CCc1cc2c(=O)n(CCc3ccc(F)cc3)c(=O)n(Cc3ccc(-c4ccccc4-c4noc([O-])n4)cc3)c2s1. The minimum Gasteiger partial charge on any atom is -0.528 e. The van der Waals surface area contributed by atoms with Crippen LogP contribution in [-0.2, 0) is 25.9 Å². The lowest BCUT2D eigenvalue weighted by molar-refractivity contribution is -0.303. The molecular formula is C31H24FN4O4S-. The Morgan fingerprint density at radius 1 is 0.927 bits per heavy atom. The second-order valence-electron chi connectivity index (χ2n) is 9.61. The number of hydrogen-bond donors (Lipinski definition) is 0. The Bertz CT molecular complexity index is 1970. The quantitative estimate of drug-likeness (QED) is 0.256. The molecule has 3 aromatic heterocycles. The molecule has 6 rings (SSSR count). The van der Waals surface area contributed by atoms with Crippen molar-refractivity contribution in [2.24, 2.45) is 0 Å². The molecule has 10 heteroatoms. The summed E-state index contributed by atoms with van der Waals surface area (Å²) in [7, 11) is 0. The standard InChI is InChI=1S/C31H25FN4O4S/c1-2-23-17-26-28(37)35(16-15-19-9-13-22(32)14-10-19)31(39)36(29(26)41-23)18-20-7-11-21(12-8-20)24-5-3-4-6-25(24)27-33-30(38)40-34-27/h3-14,17H,2,15-16,18H2,1H3,(H,33,34,38)/p-1. The van der Waals surface area contributed by atoms with E-state index in [2.05, 4.69) is 14.7 Å². The number of benzene rings is 3. The highest BCUT2D eigenvalue weighted by atomic mass is 32.1. The van der Waals surface area contributed by atoms with Gasteiger partial charge in [0.15, 0.2) is 11.9 Å². The molecule has 3 heterocycles. The number of halogens is 1. The molecule has 6 aromatic rings. The third-order valence-corrected chi connectivity index (χ3v) is 8.32. The molecule has 41 heavy (non-hydrogen) atoms. The Hall–Kier alpha value is -4.83. The fourth-order valence-electron chi connectivity index (χ4n) is 4.87. The average Bonchev–Trinajstić information content (AvgIpc) is 3.63. The van der Waals surface area contributed by atoms with E-state index in [0.29, 0.717) is 22.2 Å². The largest absolute Gasteiger partial charge is 0.528 e. The molecule has 0 aliphatic heterocycles. The summed E-state index contributed by atoms with van der Waals surface area (Å²) >= 11 is 1.46. The van der Waals surface area contributed by atoms with Gasteiger partial charge in [0.1, 0.15) is 10.6 Å². The van der Waals surface area contributed by atoms with Crippen LogP contribution >= 0.6 is 11.3 Å². The van der Waals surface area contributed by atoms with Gasteiger partial charge in [0.05, 0.1) is 11.9 Å². The molecule has 0 spiro atoms. The Balaban J connectivity index is 1.35. The van der Waals surface area contributed by atoms with E-state index in [4.69, 9.17) is 0 Å². The normalized spacial score (nSPS) is 11.4. The number of aromatic nitrogens is 4. The van der Waals surface area contributed by atoms with Crippen molar-refractivity contribution < 1.29 is 14.0 Å². The van der Waals surface area contributed by atoms with Crippen LogP contribution in [0.25, 0.3) is 32.7 Å². The van der Waals surface area contributed by atoms with Crippen molar-refractivity contribution in [2.45, 2.75) is 32.9 Å². The van der Waals surface area contributed by atoms with Gasteiger partial charge in [0.2, 0.25) is 0 Å². The molecule has 0 N–H and O–H groups in total. The van der Waals surface area contributed by atoms with Gasteiger partial charge in [0, 0.05) is 17.0 Å². The van der Waals surface area contributed by atoms with Crippen LogP contribution in [0.15, 0.2) is 93.0 Å². The molecule has 3 aromatic carbocycles. The van der Waals surface area contributed by atoms with Crippen LogP contribution in [0.3, 0.4) is 0 Å². The van der Waals surface area contributed by atoms with Crippen LogP contribution in [-0.4, -0.2) is 19.3 Å². The summed E-state index contributed by atoms with van der Waals surface area (Å²) < 4.78 is 20.9. The molecular weight excluding hydrogens is 543 g/mol. The number of thiophene rings is 1. The van der Waals surface area contributed by atoms with Crippen LogP contribution < -0.4 is 16.4 Å². The Morgan fingerprint density at radius 2 is 1.63 bits per heavy atom. The van der Waals surface area contributed by atoms with E-state index in [1.54, 1.807) is 16.7 Å². The van der Waals surface area contributed by atoms with Gasteiger partial charge >= 0.3 is 5.69 Å². The zero-order valence-corrected chi connectivity index (χ0v) is 22.9. The van der Waals surface area contributed by atoms with Gasteiger partial charge in [-0.25, -0.2) is 14.2 Å². The van der Waals surface area contributed by atoms with Gasteiger partial charge in [-0.3, -0.25) is 13.9 Å². The van der Waals surface area contributed by atoms with Gasteiger partial charge in [-0.05, 0) is 53.3 Å². The van der Waals surface area contributed by atoms with Gasteiger partial charge in [0.25, 0.3) is 5.56 Å². The van der Waals surface area contributed by atoms with Crippen LogP contribution in [0.4, 0.5) is 4.39 Å². The number of fused-ring (bicyclic) bond motifs is 1. The first-order valence-corrected chi connectivity index (χ1v) is 13.9. The lowest BCUT2D eigenvalue weighted by Crippen LogP contribution is -2.40. The second kappa shape index (κ2) is 11.0. The van der Waals surface area contributed by atoms with Gasteiger partial charge in [-0.15, -0.1) is 11.3 Å². The molecule has 0 bridgehead atoms. The van der Waals surface area contributed by atoms with Crippen molar-refractivity contribution in [3.63, 3.8) is 0 Å². The highest BCUT2D eigenvalue weighted by Crippen LogP contribution is 2.31. The first-order chi connectivity index (χ1) is 19.9. The third kappa shape index (κ3) is 5.21. The number of nitrogens with zero attached hydrogens (tertiary/aromatic N) is 4. The topological polar surface area (TPSA) is 106 Å². The fraction of sp³-hybridized carbons (Fsp3) is 0.161. The molecule has 0 radical (unpaired) electrons. The summed E-state index contributed by atoms with van der Waals surface area (Å²) in [4.78, 5) is 32.6. The van der Waals surface area contributed by atoms with Crippen molar-refractivity contribution in [3.05, 3.63) is 122 Å². The Kier molecular flexibility index (Phi) is 7.07. The lowest BCUT2D eigenvalue weighted by Gasteiger charge is -2.13. The van der Waals surface area contributed by atoms with Crippen molar-refractivity contribution in [1.82, 2.24) is 19.3 Å². The van der Waals surface area contributed by atoms with Crippen molar-refractivity contribution >= 4 is 21.6 Å². The molecule has 0 saturated carbocycles. The Morgan fingerprint density at radius 3 is 2.32 bits per heavy atom. The van der Waals surface area contributed by atoms with Crippen molar-refractivity contribution in [3.8, 4) is 28.6 Å². The molecule has 0 saturated heterocycles. The molecule has 206 valence electrons. The molecule has 0 aliphatic carbocycles. The number of hydrogen-bond acceptors (Lipinski definition) is 7. The molecule has 0 unspecified atom stereocenters. The average molecular weight is 568 g/mol. The van der Waals surface area contributed by atoms with Gasteiger partial charge in [-0.1, -0.05) is 67.6 Å². The lowest BCUT2D eigenvalue weighted by atomic mass is 9.98. The molecule has 0 aliphatic rings. The summed E-state index contributed by atoms with van der Waals surface area (Å²) in [6.45, 7) is 2.48. The van der Waals surface area contributed by atoms with E-state index in [-0.39, 0.29) is 36.0 Å². The van der Waals surface area contributed by atoms with Gasteiger partial charge in [-0.2, -0.15) is 5.16 Å². The van der Waals surface area contributed by atoms with E-state index in [1.165, 1.54) is 28.0 Å². The number of aryl methyl sites for hydroxylation is 2. The fourth-order valence-corrected chi connectivity index (χ4v) is 5.95. The third-order valence-electron chi connectivity index (χ3n) is 7.01. The number of rotatable bonds is 8. The van der Waals surface area contributed by atoms with E-state index in [9.17, 15) is 19.1 Å². The Labute approximate surface area is 237 Å². The summed E-state index contributed by atoms with van der Waals surface area (Å²) in [5.74, 6) is -0.114. The predicted octanol–water partition coefficient (Wildman–Crippen LogP) is 5.01. The zero-order chi connectivity index (χ0) is 28.5. The minimum absolute atomic E-state index is 0.188. The maximum atomic E-state index is 13.7. The van der Waals surface area contributed by atoms with Crippen LogP contribution in [0.1, 0.15) is 22.9 Å². The summed E-state index contributed by atoms with van der Waals surface area (Å²) in [6, 6.07) is 23.1. The highest BCUT2D eigenvalue weighted by Gasteiger charge is 2.17. The zero-order valence-electron chi connectivity index (χ0n) is 22.0. The molecule has 0 atom stereocenters. The molecule has 8 nitrogen and oxygen atoms in total. The molecule has 0 amide bonds. The highest BCUT2D eigenvalue weighted by molar-refractivity contribution is 7.18. The maximum absolute atomic E-state index is 13.7. The predicted molar refractivity (Wildman–Crippen MR) is 154 cm³/mol. The van der Waals surface area contributed by atoms with Crippen molar-refractivity contribution in [2.75, 3.05) is 0 Å². The summed E-state index contributed by atoms with van der Waals surface area (Å²) in [6.07, 6.45) is 0.430. The summed E-state index contributed by atoms with van der Waals surface area (Å²) in [5.41, 5.74) is 3.41. The van der Waals surface area contributed by atoms with Crippen LogP contribution in [0.5, 0.6) is 6.08 Å². The second-order valence-corrected chi connectivity index (χ2v) is 10.7. The van der Waals surface area contributed by atoms with E-state index in [1.807, 2.05) is 61.5 Å². The smallest absolute Gasteiger partial charge is 0.332 e. The monoisotopic (exact) mass is 567 g/mol. The van der Waals surface area contributed by atoms with E-state index >= 15 is 0 Å². The van der Waals surface area contributed by atoms with Crippen molar-refractivity contribution in [1.29, 1.82) is 0 Å². The van der Waals surface area contributed by atoms with Crippen LogP contribution in [0, 0.1) is 5.82 Å². The van der Waals surface area contributed by atoms with E-state index < -0.39 is 6.08 Å². The minimum atomic E-state index is -0.749. The maximum Gasteiger partial charge on any atom is 0.332 e. The first kappa shape index (κ1) is 26.4. The van der Waals surface area contributed by atoms with Crippen LogP contribution in [0.2, 0.25) is 0 Å². The summed E-state index contributed by atoms with van der Waals surface area (Å²) in [5, 5.41) is 15.7. The molecule has 0 fully saturated rings. The van der Waals surface area contributed by atoms with E-state index in [0.717, 1.165) is 33.6 Å². The van der Waals surface area contributed by atoms with Gasteiger partial charge < -0.3 is 9.63 Å².